The predicted molar refractivity (Wildman–Crippen MR) is 101 cm³/mol. The Hall–Kier alpha value is -1.37. The average molecular weight is 373 g/mol. The van der Waals surface area contributed by atoms with Gasteiger partial charge in [-0.2, -0.15) is 0 Å². The molecule has 2 heterocycles. The summed E-state index contributed by atoms with van der Waals surface area (Å²) >= 11 is 0. The number of anilines is 1. The van der Waals surface area contributed by atoms with E-state index in [0.717, 1.165) is 56.1 Å². The Balaban J connectivity index is 0.00000144. The highest BCUT2D eigenvalue weighted by atomic mass is 35.5. The molecule has 0 bridgehead atoms. The lowest BCUT2D eigenvalue weighted by molar-refractivity contribution is 0.345. The first-order chi connectivity index (χ1) is 10.8. The van der Waals surface area contributed by atoms with Crippen LogP contribution in [0.15, 0.2) is 24.8 Å². The molecule has 0 saturated heterocycles. The molecule has 134 valence electrons. The predicted octanol–water partition coefficient (Wildman–Crippen LogP) is 2.79. The van der Waals surface area contributed by atoms with Crippen LogP contribution >= 0.6 is 24.8 Å². The Morgan fingerprint density at radius 2 is 2.04 bits per heavy atom. The molecule has 2 aromatic rings. The van der Waals surface area contributed by atoms with Crippen molar-refractivity contribution in [1.29, 1.82) is 0 Å². The van der Waals surface area contributed by atoms with Crippen LogP contribution in [0, 0.1) is 0 Å². The number of rotatable bonds is 7. The van der Waals surface area contributed by atoms with Gasteiger partial charge in [-0.15, -0.1) is 24.8 Å². The van der Waals surface area contributed by atoms with Crippen LogP contribution in [0.3, 0.4) is 0 Å². The van der Waals surface area contributed by atoms with Gasteiger partial charge in [0.05, 0.1) is 0 Å². The quantitative estimate of drug-likeness (QED) is 0.730. The second-order valence-electron chi connectivity index (χ2n) is 5.93. The molecular weight excluding hydrogens is 347 g/mol. The molecule has 0 aromatic carbocycles. The summed E-state index contributed by atoms with van der Waals surface area (Å²) in [6.45, 7) is 4.00. The van der Waals surface area contributed by atoms with Gasteiger partial charge < -0.3 is 15.6 Å². The Morgan fingerprint density at radius 1 is 1.25 bits per heavy atom. The molecule has 0 spiro atoms. The Bertz CT molecular complexity index is 612. The molecule has 24 heavy (non-hydrogen) atoms. The molecule has 0 aliphatic heterocycles. The second kappa shape index (κ2) is 9.81. The summed E-state index contributed by atoms with van der Waals surface area (Å²) in [5, 5.41) is 3.38. The molecule has 3 N–H and O–H groups in total. The Labute approximate surface area is 155 Å². The fraction of sp³-hybridized carbons (Fsp3) is 0.562. The Kier molecular flexibility index (Phi) is 8.45. The van der Waals surface area contributed by atoms with Crippen molar-refractivity contribution in [1.82, 2.24) is 19.5 Å². The molecule has 1 aliphatic rings. The van der Waals surface area contributed by atoms with E-state index in [4.69, 9.17) is 5.73 Å². The van der Waals surface area contributed by atoms with Crippen molar-refractivity contribution >= 4 is 30.6 Å². The maximum atomic E-state index is 5.85. The molecule has 3 rings (SSSR count). The van der Waals surface area contributed by atoms with Gasteiger partial charge in [-0.05, 0) is 19.3 Å². The number of halogens is 2. The van der Waals surface area contributed by atoms with Crippen LogP contribution in [-0.4, -0.2) is 32.1 Å². The average Bonchev–Trinajstić information content (AvgIpc) is 2.96. The molecule has 2 aromatic heterocycles. The van der Waals surface area contributed by atoms with Crippen molar-refractivity contribution in [3.63, 3.8) is 0 Å². The van der Waals surface area contributed by atoms with Crippen LogP contribution in [0.4, 0.5) is 5.82 Å². The van der Waals surface area contributed by atoms with Crippen LogP contribution < -0.4 is 11.1 Å². The number of hydrogen-bond acceptors (Lipinski definition) is 5. The van der Waals surface area contributed by atoms with Gasteiger partial charge in [-0.1, -0.05) is 6.92 Å². The highest BCUT2D eigenvalue weighted by molar-refractivity contribution is 5.85. The number of nitrogens with one attached hydrogen (secondary N) is 1. The first-order valence-electron chi connectivity index (χ1n) is 8.07. The minimum Gasteiger partial charge on any atom is -0.370 e. The fourth-order valence-electron chi connectivity index (χ4n) is 2.92. The third-order valence-electron chi connectivity index (χ3n) is 4.28. The highest BCUT2D eigenvalue weighted by Crippen LogP contribution is 2.34. The van der Waals surface area contributed by atoms with Gasteiger partial charge in [0.15, 0.2) is 0 Å². The van der Waals surface area contributed by atoms with Crippen molar-refractivity contribution in [2.24, 2.45) is 5.73 Å². The van der Waals surface area contributed by atoms with Crippen LogP contribution in [-0.2, 0) is 13.0 Å². The molecule has 0 amide bonds. The number of nitrogens with zero attached hydrogens (tertiary/aromatic N) is 4. The lowest BCUT2D eigenvalue weighted by atomic mass is 9.79. The number of nitrogens with two attached hydrogens (primary N) is 1. The minimum atomic E-state index is 0. The van der Waals surface area contributed by atoms with Gasteiger partial charge in [0, 0.05) is 55.6 Å². The second-order valence-corrected chi connectivity index (χ2v) is 5.93. The molecule has 8 heteroatoms. The maximum absolute atomic E-state index is 5.85. The molecule has 0 atom stereocenters. The van der Waals surface area contributed by atoms with Gasteiger partial charge in [0.1, 0.15) is 18.0 Å². The van der Waals surface area contributed by atoms with E-state index in [2.05, 4.69) is 37.8 Å². The van der Waals surface area contributed by atoms with E-state index in [1.54, 1.807) is 6.33 Å². The molecule has 1 aliphatic carbocycles. The van der Waals surface area contributed by atoms with E-state index < -0.39 is 0 Å². The van der Waals surface area contributed by atoms with Gasteiger partial charge in [0.2, 0.25) is 0 Å². The molecule has 6 nitrogen and oxygen atoms in total. The third kappa shape index (κ3) is 5.06. The first-order valence-corrected chi connectivity index (χ1v) is 8.07. The van der Waals surface area contributed by atoms with E-state index >= 15 is 0 Å². The lowest BCUT2D eigenvalue weighted by Crippen LogP contribution is -2.35. The minimum absolute atomic E-state index is 0. The van der Waals surface area contributed by atoms with E-state index in [1.807, 2.05) is 12.4 Å². The van der Waals surface area contributed by atoms with Gasteiger partial charge in [-0.25, -0.2) is 15.0 Å². The molecular formula is C16H26Cl2N6. The van der Waals surface area contributed by atoms with Crippen LogP contribution in [0.2, 0.25) is 0 Å². The molecule has 0 unspecified atom stereocenters. The fourth-order valence-corrected chi connectivity index (χ4v) is 2.92. The first kappa shape index (κ1) is 20.7. The van der Waals surface area contributed by atoms with E-state index in [-0.39, 0.29) is 24.8 Å². The van der Waals surface area contributed by atoms with Crippen molar-refractivity contribution in [3.8, 4) is 0 Å². The van der Waals surface area contributed by atoms with E-state index in [1.165, 1.54) is 0 Å². The zero-order valence-corrected chi connectivity index (χ0v) is 15.5. The number of hydrogen-bond donors (Lipinski definition) is 2. The van der Waals surface area contributed by atoms with Gasteiger partial charge >= 0.3 is 0 Å². The molecule has 1 fully saturated rings. The van der Waals surface area contributed by atoms with Gasteiger partial charge in [-0.3, -0.25) is 0 Å². The monoisotopic (exact) mass is 372 g/mol. The smallest absolute Gasteiger partial charge is 0.129 e. The largest absolute Gasteiger partial charge is 0.370 e. The summed E-state index contributed by atoms with van der Waals surface area (Å²) in [5.41, 5.74) is 6.96. The van der Waals surface area contributed by atoms with Crippen molar-refractivity contribution < 1.29 is 0 Å². The van der Waals surface area contributed by atoms with Crippen molar-refractivity contribution in [2.75, 3.05) is 11.9 Å². The summed E-state index contributed by atoms with van der Waals surface area (Å²) in [6.07, 6.45) is 9.64. The van der Waals surface area contributed by atoms with Crippen LogP contribution in [0.1, 0.15) is 43.6 Å². The third-order valence-corrected chi connectivity index (χ3v) is 4.28. The topological polar surface area (TPSA) is 81.7 Å². The number of imidazole rings is 1. The summed E-state index contributed by atoms with van der Waals surface area (Å²) in [5.74, 6) is 2.56. The van der Waals surface area contributed by atoms with Crippen LogP contribution in [0.25, 0.3) is 0 Å². The highest BCUT2D eigenvalue weighted by Gasteiger charge is 2.28. The lowest BCUT2D eigenvalue weighted by Gasteiger charge is -2.31. The summed E-state index contributed by atoms with van der Waals surface area (Å²) < 4.78 is 2.21. The Morgan fingerprint density at radius 3 is 2.75 bits per heavy atom. The zero-order chi connectivity index (χ0) is 15.4. The van der Waals surface area contributed by atoms with Crippen molar-refractivity contribution in [3.05, 3.63) is 36.3 Å². The molecule has 0 radical (unpaired) electrons. The summed E-state index contributed by atoms with van der Waals surface area (Å²) in [6, 6.07) is 2.41. The number of aromatic nitrogens is 4. The van der Waals surface area contributed by atoms with Crippen molar-refractivity contribution in [2.45, 2.75) is 51.1 Å². The van der Waals surface area contributed by atoms with Gasteiger partial charge in [0.25, 0.3) is 0 Å². The standard InChI is InChI=1S/C16H24N6.2ClH/c1-2-16-19-5-7-22(16)6-3-4-18-15-10-14(20-11-21-15)12-8-13(17)9-12;;/h5,7,10-13H,2-4,6,8-9,17H2,1H3,(H,18,20,21);2*1H. The number of aryl methyl sites for hydroxylation is 2. The SMILES string of the molecule is CCc1nccn1CCCNc1cc(C2CC(N)C2)ncn1.Cl.Cl. The maximum Gasteiger partial charge on any atom is 0.129 e. The summed E-state index contributed by atoms with van der Waals surface area (Å²) in [4.78, 5) is 13.0. The van der Waals surface area contributed by atoms with E-state index in [9.17, 15) is 0 Å². The summed E-state index contributed by atoms with van der Waals surface area (Å²) in [7, 11) is 0. The van der Waals surface area contributed by atoms with E-state index in [0.29, 0.717) is 12.0 Å². The van der Waals surface area contributed by atoms with Crippen LogP contribution in [0.5, 0.6) is 0 Å². The normalized spacial score (nSPS) is 18.9. The zero-order valence-electron chi connectivity index (χ0n) is 13.9. The molecule has 1 saturated carbocycles.